The molecule has 0 radical (unpaired) electrons. The molecule has 0 aromatic carbocycles. The van der Waals surface area contributed by atoms with Crippen LogP contribution in [0.15, 0.2) is 12.8 Å². The summed E-state index contributed by atoms with van der Waals surface area (Å²) in [4.78, 5) is 0. The van der Waals surface area contributed by atoms with E-state index in [1.54, 1.807) is 0 Å². The van der Waals surface area contributed by atoms with Crippen LogP contribution in [0.2, 0.25) is 0 Å². The first-order valence-electron chi connectivity index (χ1n) is 4.15. The van der Waals surface area contributed by atoms with E-state index in [1.165, 1.54) is 6.26 Å². The van der Waals surface area contributed by atoms with Crippen LogP contribution in [0.1, 0.15) is 6.92 Å². The molecule has 0 N–H and O–H groups in total. The lowest BCUT2D eigenvalue weighted by molar-refractivity contribution is -0.139. The van der Waals surface area contributed by atoms with Gasteiger partial charge in [-0.2, -0.15) is 0 Å². The third-order valence-corrected chi connectivity index (χ3v) is 1.81. The fourth-order valence-corrected chi connectivity index (χ4v) is 1.04. The summed E-state index contributed by atoms with van der Waals surface area (Å²) in [6.45, 7) is 9.19. The highest BCUT2D eigenvalue weighted by atomic mass is 16.5. The van der Waals surface area contributed by atoms with Gasteiger partial charge in [-0.15, -0.1) is 0 Å². The second kappa shape index (κ2) is 4.48. The number of hydrogen-bond donors (Lipinski definition) is 0. The minimum atomic E-state index is 0.244. The van der Waals surface area contributed by atoms with E-state index in [-0.39, 0.29) is 5.41 Å². The molecule has 1 heterocycles. The van der Waals surface area contributed by atoms with E-state index >= 15 is 0 Å². The van der Waals surface area contributed by atoms with Crippen molar-refractivity contribution in [2.24, 2.45) is 5.41 Å². The molecule has 0 bridgehead atoms. The molecule has 1 fully saturated rings. The van der Waals surface area contributed by atoms with Gasteiger partial charge in [0.25, 0.3) is 0 Å². The van der Waals surface area contributed by atoms with E-state index in [2.05, 4.69) is 13.5 Å². The number of hydrogen-bond acceptors (Lipinski definition) is 3. The molecule has 1 aliphatic rings. The normalized spacial score (nSPS) is 19.8. The van der Waals surface area contributed by atoms with Gasteiger partial charge in [-0.25, -0.2) is 0 Å². The Morgan fingerprint density at radius 3 is 2.75 bits per heavy atom. The van der Waals surface area contributed by atoms with Crippen LogP contribution in [0.25, 0.3) is 0 Å². The van der Waals surface area contributed by atoms with Crippen LogP contribution in [0.3, 0.4) is 0 Å². The van der Waals surface area contributed by atoms with E-state index in [0.717, 1.165) is 19.8 Å². The zero-order valence-electron chi connectivity index (χ0n) is 7.54. The fourth-order valence-electron chi connectivity index (χ4n) is 1.04. The molecular weight excluding hydrogens is 156 g/mol. The highest BCUT2D eigenvalue weighted by molar-refractivity contribution is 4.79. The molecule has 0 atom stereocenters. The summed E-state index contributed by atoms with van der Waals surface area (Å²) in [5.41, 5.74) is 0.244. The van der Waals surface area contributed by atoms with Crippen molar-refractivity contribution in [3.8, 4) is 0 Å². The van der Waals surface area contributed by atoms with Gasteiger partial charge >= 0.3 is 0 Å². The van der Waals surface area contributed by atoms with Gasteiger partial charge in [-0.1, -0.05) is 13.5 Å². The smallest absolute Gasteiger partial charge is 0.111 e. The predicted octanol–water partition coefficient (Wildman–Crippen LogP) is 1.20. The first-order valence-corrected chi connectivity index (χ1v) is 4.15. The van der Waals surface area contributed by atoms with Crippen LogP contribution >= 0.6 is 0 Å². The van der Waals surface area contributed by atoms with Crippen LogP contribution in [0.5, 0.6) is 0 Å². The SMILES string of the molecule is C=COCCOCC1(C)COC1. The first kappa shape index (κ1) is 9.55. The molecule has 12 heavy (non-hydrogen) atoms. The third kappa shape index (κ3) is 2.83. The van der Waals surface area contributed by atoms with E-state index in [0.29, 0.717) is 13.2 Å². The monoisotopic (exact) mass is 172 g/mol. The lowest BCUT2D eigenvalue weighted by atomic mass is 9.90. The zero-order chi connectivity index (χ0) is 8.86. The maximum atomic E-state index is 5.39. The Hall–Kier alpha value is -0.540. The molecule has 1 saturated heterocycles. The van der Waals surface area contributed by atoms with Crippen LogP contribution in [-0.2, 0) is 14.2 Å². The van der Waals surface area contributed by atoms with Gasteiger partial charge in [0.2, 0.25) is 0 Å². The average molecular weight is 172 g/mol. The Balaban J connectivity index is 1.91. The van der Waals surface area contributed by atoms with Gasteiger partial charge in [0.05, 0.1) is 32.7 Å². The third-order valence-electron chi connectivity index (χ3n) is 1.81. The summed E-state index contributed by atoms with van der Waals surface area (Å²) in [7, 11) is 0. The predicted molar refractivity (Wildman–Crippen MR) is 45.9 cm³/mol. The minimum Gasteiger partial charge on any atom is -0.499 e. The second-order valence-corrected chi connectivity index (χ2v) is 3.39. The largest absolute Gasteiger partial charge is 0.499 e. The Morgan fingerprint density at radius 2 is 2.25 bits per heavy atom. The molecule has 3 nitrogen and oxygen atoms in total. The lowest BCUT2D eigenvalue weighted by Gasteiger charge is -2.37. The molecule has 0 unspecified atom stereocenters. The van der Waals surface area contributed by atoms with Crippen molar-refractivity contribution in [1.29, 1.82) is 0 Å². The van der Waals surface area contributed by atoms with Crippen molar-refractivity contribution in [1.82, 2.24) is 0 Å². The van der Waals surface area contributed by atoms with Gasteiger partial charge in [0.15, 0.2) is 0 Å². The van der Waals surface area contributed by atoms with Gasteiger partial charge in [-0.3, -0.25) is 0 Å². The molecular formula is C9H16O3. The summed E-state index contributed by atoms with van der Waals surface area (Å²) in [5, 5.41) is 0. The molecule has 0 aromatic rings. The van der Waals surface area contributed by atoms with Gasteiger partial charge in [0, 0.05) is 5.41 Å². The van der Waals surface area contributed by atoms with E-state index in [1.807, 2.05) is 0 Å². The Labute approximate surface area is 73.3 Å². The molecule has 70 valence electrons. The summed E-state index contributed by atoms with van der Waals surface area (Å²) in [6, 6.07) is 0. The minimum absolute atomic E-state index is 0.244. The summed E-state index contributed by atoms with van der Waals surface area (Å²) in [6.07, 6.45) is 1.43. The molecule has 1 aliphatic heterocycles. The Bertz CT molecular complexity index is 141. The first-order chi connectivity index (χ1) is 5.77. The fraction of sp³-hybridized carbons (Fsp3) is 0.778. The van der Waals surface area contributed by atoms with Crippen LogP contribution in [0, 0.1) is 5.41 Å². The summed E-state index contributed by atoms with van der Waals surface area (Å²) < 4.78 is 15.4. The van der Waals surface area contributed by atoms with Crippen molar-refractivity contribution in [2.75, 3.05) is 33.0 Å². The topological polar surface area (TPSA) is 27.7 Å². The molecule has 0 aromatic heterocycles. The molecule has 1 rings (SSSR count). The molecule has 0 aliphatic carbocycles. The highest BCUT2D eigenvalue weighted by Gasteiger charge is 2.33. The summed E-state index contributed by atoms with van der Waals surface area (Å²) in [5.74, 6) is 0. The van der Waals surface area contributed by atoms with Crippen LogP contribution in [-0.4, -0.2) is 33.0 Å². The van der Waals surface area contributed by atoms with Crippen molar-refractivity contribution >= 4 is 0 Å². The second-order valence-electron chi connectivity index (χ2n) is 3.39. The zero-order valence-corrected chi connectivity index (χ0v) is 7.54. The lowest BCUT2D eigenvalue weighted by Crippen LogP contribution is -2.43. The Kier molecular flexibility index (Phi) is 3.56. The van der Waals surface area contributed by atoms with E-state index in [4.69, 9.17) is 14.2 Å². The van der Waals surface area contributed by atoms with Crippen molar-refractivity contribution < 1.29 is 14.2 Å². The maximum Gasteiger partial charge on any atom is 0.111 e. The quantitative estimate of drug-likeness (QED) is 0.445. The van der Waals surface area contributed by atoms with E-state index < -0.39 is 0 Å². The molecule has 3 heteroatoms. The van der Waals surface area contributed by atoms with E-state index in [9.17, 15) is 0 Å². The number of ether oxygens (including phenoxy) is 3. The number of rotatable bonds is 6. The standard InChI is InChI=1S/C9H16O3/c1-3-10-4-5-11-6-9(2)7-12-8-9/h3H,1,4-8H2,2H3. The molecule has 0 amide bonds. The van der Waals surface area contributed by atoms with Gasteiger partial charge < -0.3 is 14.2 Å². The highest BCUT2D eigenvalue weighted by Crippen LogP contribution is 2.26. The summed E-state index contributed by atoms with van der Waals surface area (Å²) >= 11 is 0. The molecule has 0 saturated carbocycles. The molecule has 0 spiro atoms. The average Bonchev–Trinajstić information content (AvgIpc) is 2.01. The van der Waals surface area contributed by atoms with Crippen LogP contribution in [0.4, 0.5) is 0 Å². The Morgan fingerprint density at radius 1 is 1.50 bits per heavy atom. The van der Waals surface area contributed by atoms with Crippen LogP contribution < -0.4 is 0 Å². The van der Waals surface area contributed by atoms with Crippen molar-refractivity contribution in [3.05, 3.63) is 12.8 Å². The van der Waals surface area contributed by atoms with Crippen molar-refractivity contribution in [3.63, 3.8) is 0 Å². The maximum absolute atomic E-state index is 5.39. The van der Waals surface area contributed by atoms with Gasteiger partial charge in [-0.05, 0) is 0 Å². The van der Waals surface area contributed by atoms with Crippen molar-refractivity contribution in [2.45, 2.75) is 6.92 Å². The van der Waals surface area contributed by atoms with Gasteiger partial charge in [0.1, 0.15) is 6.61 Å².